The summed E-state index contributed by atoms with van der Waals surface area (Å²) in [5.74, 6) is -0.315. The van der Waals surface area contributed by atoms with Gasteiger partial charge >= 0.3 is 0 Å². The van der Waals surface area contributed by atoms with E-state index in [2.05, 4.69) is 5.32 Å². The van der Waals surface area contributed by atoms with Crippen LogP contribution in [-0.4, -0.2) is 11.0 Å². The van der Waals surface area contributed by atoms with Gasteiger partial charge in [0.1, 0.15) is 0 Å². The predicted molar refractivity (Wildman–Crippen MR) is 65.7 cm³/mol. The molecule has 0 fully saturated rings. The van der Waals surface area contributed by atoms with E-state index >= 15 is 0 Å². The molecule has 0 atom stereocenters. The third-order valence-corrected chi connectivity index (χ3v) is 2.44. The Bertz CT molecular complexity index is 443. The van der Waals surface area contributed by atoms with E-state index < -0.39 is 0 Å². The van der Waals surface area contributed by atoms with Gasteiger partial charge in [-0.1, -0.05) is 6.07 Å². The standard InChI is InChI=1S/C13H17NO2/c1-8-5-10(3)12(6-9(8)2)14-13(16)7-11(4)15/h5-7,15H,1-4H3,(H,14,16)/b11-7-. The van der Waals surface area contributed by atoms with Gasteiger partial charge in [-0.15, -0.1) is 0 Å². The highest BCUT2D eigenvalue weighted by Gasteiger charge is 2.04. The van der Waals surface area contributed by atoms with Crippen LogP contribution < -0.4 is 5.32 Å². The number of nitrogens with one attached hydrogen (secondary N) is 1. The van der Waals surface area contributed by atoms with Crippen LogP contribution in [0.5, 0.6) is 0 Å². The summed E-state index contributed by atoms with van der Waals surface area (Å²) >= 11 is 0. The second-order valence-corrected chi connectivity index (χ2v) is 4.03. The maximum atomic E-state index is 11.4. The van der Waals surface area contributed by atoms with E-state index in [1.807, 2.05) is 32.9 Å². The first-order valence-electron chi connectivity index (χ1n) is 5.16. The van der Waals surface area contributed by atoms with Gasteiger partial charge in [0.15, 0.2) is 0 Å². The smallest absolute Gasteiger partial charge is 0.251 e. The molecular formula is C13H17NO2. The SMILES string of the molecule is C/C(O)=C/C(=O)Nc1cc(C)c(C)cc1C. The molecule has 86 valence electrons. The van der Waals surface area contributed by atoms with Crippen molar-refractivity contribution in [2.45, 2.75) is 27.7 Å². The van der Waals surface area contributed by atoms with Crippen molar-refractivity contribution in [1.29, 1.82) is 0 Å². The molecule has 0 spiro atoms. The third kappa shape index (κ3) is 3.12. The first-order chi connectivity index (χ1) is 7.40. The maximum absolute atomic E-state index is 11.4. The van der Waals surface area contributed by atoms with Gasteiger partial charge in [-0.05, 0) is 50.5 Å². The molecule has 1 amide bonds. The van der Waals surface area contributed by atoms with Crippen molar-refractivity contribution in [2.24, 2.45) is 0 Å². The van der Waals surface area contributed by atoms with Gasteiger partial charge in [0.2, 0.25) is 0 Å². The quantitative estimate of drug-likeness (QED) is 0.593. The zero-order valence-electron chi connectivity index (χ0n) is 10.1. The van der Waals surface area contributed by atoms with Gasteiger partial charge in [0, 0.05) is 11.8 Å². The Labute approximate surface area is 95.8 Å². The molecule has 0 aliphatic carbocycles. The minimum Gasteiger partial charge on any atom is -0.512 e. The fourth-order valence-electron chi connectivity index (χ4n) is 1.45. The number of aliphatic hydroxyl groups excluding tert-OH is 1. The average molecular weight is 219 g/mol. The second-order valence-electron chi connectivity index (χ2n) is 4.03. The van der Waals surface area contributed by atoms with Gasteiger partial charge in [-0.25, -0.2) is 0 Å². The Morgan fingerprint density at radius 1 is 1.19 bits per heavy atom. The van der Waals surface area contributed by atoms with E-state index in [-0.39, 0.29) is 11.7 Å². The average Bonchev–Trinajstić information content (AvgIpc) is 2.12. The molecule has 0 saturated heterocycles. The number of benzene rings is 1. The summed E-state index contributed by atoms with van der Waals surface area (Å²) in [6, 6.07) is 3.96. The van der Waals surface area contributed by atoms with Gasteiger partial charge in [-0.2, -0.15) is 0 Å². The van der Waals surface area contributed by atoms with E-state index in [9.17, 15) is 4.79 Å². The minimum absolute atomic E-state index is 0.000938. The summed E-state index contributed by atoms with van der Waals surface area (Å²) in [5.41, 5.74) is 4.13. The van der Waals surface area contributed by atoms with E-state index in [1.165, 1.54) is 12.5 Å². The number of rotatable bonds is 2. The Kier molecular flexibility index (Phi) is 3.72. The van der Waals surface area contributed by atoms with Crippen molar-refractivity contribution < 1.29 is 9.90 Å². The van der Waals surface area contributed by atoms with Crippen molar-refractivity contribution >= 4 is 11.6 Å². The molecule has 0 unspecified atom stereocenters. The number of amides is 1. The number of aryl methyl sites for hydroxylation is 3. The van der Waals surface area contributed by atoms with Crippen molar-refractivity contribution in [3.05, 3.63) is 40.7 Å². The van der Waals surface area contributed by atoms with Crippen LogP contribution in [0, 0.1) is 20.8 Å². The van der Waals surface area contributed by atoms with Gasteiger partial charge in [0.05, 0.1) is 5.76 Å². The molecular weight excluding hydrogens is 202 g/mol. The van der Waals surface area contributed by atoms with Crippen LogP contribution in [0.1, 0.15) is 23.6 Å². The van der Waals surface area contributed by atoms with Crippen LogP contribution in [0.25, 0.3) is 0 Å². The number of hydrogen-bond acceptors (Lipinski definition) is 2. The zero-order chi connectivity index (χ0) is 12.3. The number of hydrogen-bond donors (Lipinski definition) is 2. The van der Waals surface area contributed by atoms with E-state index in [1.54, 1.807) is 0 Å². The Morgan fingerprint density at radius 3 is 2.31 bits per heavy atom. The van der Waals surface area contributed by atoms with E-state index in [0.717, 1.165) is 22.9 Å². The molecule has 0 aliphatic heterocycles. The monoisotopic (exact) mass is 219 g/mol. The number of aliphatic hydroxyl groups is 1. The number of carbonyl (C=O) groups is 1. The van der Waals surface area contributed by atoms with Crippen LogP contribution >= 0.6 is 0 Å². The van der Waals surface area contributed by atoms with Crippen molar-refractivity contribution in [3.8, 4) is 0 Å². The molecule has 0 bridgehead atoms. The Morgan fingerprint density at radius 2 is 1.75 bits per heavy atom. The summed E-state index contributed by atoms with van der Waals surface area (Å²) in [5, 5.41) is 11.7. The summed E-state index contributed by atoms with van der Waals surface area (Å²) in [6.07, 6.45) is 1.16. The van der Waals surface area contributed by atoms with Crippen LogP contribution in [0.2, 0.25) is 0 Å². The number of allylic oxidation sites excluding steroid dienone is 1. The molecule has 0 radical (unpaired) electrons. The van der Waals surface area contributed by atoms with Crippen molar-refractivity contribution in [2.75, 3.05) is 5.32 Å². The number of carbonyl (C=O) groups excluding carboxylic acids is 1. The van der Waals surface area contributed by atoms with E-state index in [0.29, 0.717) is 0 Å². The van der Waals surface area contributed by atoms with Crippen LogP contribution in [0.3, 0.4) is 0 Å². The third-order valence-electron chi connectivity index (χ3n) is 2.44. The van der Waals surface area contributed by atoms with Crippen LogP contribution in [-0.2, 0) is 4.79 Å². The molecule has 1 aromatic rings. The highest BCUT2D eigenvalue weighted by Crippen LogP contribution is 2.19. The number of anilines is 1. The molecule has 3 heteroatoms. The first-order valence-corrected chi connectivity index (χ1v) is 5.16. The largest absolute Gasteiger partial charge is 0.512 e. The highest BCUT2D eigenvalue weighted by molar-refractivity contribution is 6.00. The Balaban J connectivity index is 2.94. The van der Waals surface area contributed by atoms with Crippen LogP contribution in [0.4, 0.5) is 5.69 Å². The first kappa shape index (κ1) is 12.3. The summed E-state index contributed by atoms with van der Waals surface area (Å²) in [4.78, 5) is 11.4. The fourth-order valence-corrected chi connectivity index (χ4v) is 1.45. The summed E-state index contributed by atoms with van der Waals surface area (Å²) in [6.45, 7) is 7.44. The van der Waals surface area contributed by atoms with Gasteiger partial charge in [0.25, 0.3) is 5.91 Å². The molecule has 2 N–H and O–H groups in total. The Hall–Kier alpha value is -1.77. The van der Waals surface area contributed by atoms with Gasteiger partial charge in [-0.3, -0.25) is 4.79 Å². The topological polar surface area (TPSA) is 49.3 Å². The van der Waals surface area contributed by atoms with Crippen molar-refractivity contribution in [1.82, 2.24) is 0 Å². The van der Waals surface area contributed by atoms with E-state index in [4.69, 9.17) is 5.11 Å². The lowest BCUT2D eigenvalue weighted by atomic mass is 10.0. The molecule has 1 aromatic carbocycles. The molecule has 0 heterocycles. The molecule has 0 aromatic heterocycles. The summed E-state index contributed by atoms with van der Waals surface area (Å²) in [7, 11) is 0. The predicted octanol–water partition coefficient (Wildman–Crippen LogP) is 3.01. The molecule has 3 nitrogen and oxygen atoms in total. The molecule has 0 saturated carbocycles. The van der Waals surface area contributed by atoms with Crippen molar-refractivity contribution in [3.63, 3.8) is 0 Å². The maximum Gasteiger partial charge on any atom is 0.251 e. The minimum atomic E-state index is -0.314. The molecule has 0 aliphatic rings. The lowest BCUT2D eigenvalue weighted by molar-refractivity contribution is -0.112. The second kappa shape index (κ2) is 4.84. The van der Waals surface area contributed by atoms with Crippen LogP contribution in [0.15, 0.2) is 24.0 Å². The summed E-state index contributed by atoms with van der Waals surface area (Å²) < 4.78 is 0. The normalized spacial score (nSPS) is 11.4. The molecule has 16 heavy (non-hydrogen) atoms. The highest BCUT2D eigenvalue weighted by atomic mass is 16.3. The fraction of sp³-hybridized carbons (Fsp3) is 0.308. The lowest BCUT2D eigenvalue weighted by Gasteiger charge is -2.10. The lowest BCUT2D eigenvalue weighted by Crippen LogP contribution is -2.10. The zero-order valence-corrected chi connectivity index (χ0v) is 10.1. The molecule has 1 rings (SSSR count). The van der Waals surface area contributed by atoms with Gasteiger partial charge < -0.3 is 10.4 Å².